The Bertz CT molecular complexity index is 62.4. The van der Waals surface area contributed by atoms with E-state index in [1.165, 1.54) is 0 Å². The maximum atomic E-state index is 8.17. The highest BCUT2D eigenvalue weighted by Crippen LogP contribution is 1.72. The van der Waals surface area contributed by atoms with E-state index in [-0.39, 0.29) is 26.4 Å². The summed E-state index contributed by atoms with van der Waals surface area (Å²) in [6.07, 6.45) is -1.91. The minimum atomic E-state index is -0.954. The van der Waals surface area contributed by atoms with Crippen molar-refractivity contribution < 1.29 is 35.7 Å². The highest BCUT2D eigenvalue weighted by atomic mass is 16.3. The molecule has 0 heterocycles. The van der Waals surface area contributed by atoms with Crippen molar-refractivity contribution in [2.75, 3.05) is 33.5 Å². The largest absolute Gasteiger partial charge is 0.400 e. The molecule has 0 aliphatic heterocycles. The third-order valence-electron chi connectivity index (χ3n) is 0.843. The van der Waals surface area contributed by atoms with Crippen LogP contribution in [0.25, 0.3) is 0 Å². The lowest BCUT2D eigenvalue weighted by molar-refractivity contribution is 0.0450. The van der Waals surface area contributed by atoms with Gasteiger partial charge in [-0.15, -0.1) is 0 Å². The molecule has 0 amide bonds. The van der Waals surface area contributed by atoms with Crippen molar-refractivity contribution >= 4 is 0 Å². The maximum absolute atomic E-state index is 8.17. The minimum absolute atomic E-state index is 0.365. The van der Waals surface area contributed by atoms with Crippen LogP contribution in [0.4, 0.5) is 0 Å². The molecule has 7 nitrogen and oxygen atoms in total. The summed E-state index contributed by atoms with van der Waals surface area (Å²) in [4.78, 5) is 0. The highest BCUT2D eigenvalue weighted by molar-refractivity contribution is 4.44. The summed E-state index contributed by atoms with van der Waals surface area (Å²) in [6, 6.07) is 0. The van der Waals surface area contributed by atoms with Crippen LogP contribution in [0.15, 0.2) is 0 Å². The zero-order valence-electron chi connectivity index (χ0n) is 8.11. The number of aliphatic hydroxyl groups excluding tert-OH is 7. The lowest BCUT2D eigenvalue weighted by Gasteiger charge is -1.96. The molecular weight excluding hydrogens is 196 g/mol. The summed E-state index contributed by atoms with van der Waals surface area (Å²) in [5.74, 6) is 0. The van der Waals surface area contributed by atoms with E-state index in [9.17, 15) is 0 Å². The zero-order chi connectivity index (χ0) is 12.0. The van der Waals surface area contributed by atoms with Crippen molar-refractivity contribution in [3.8, 4) is 0 Å². The van der Waals surface area contributed by atoms with Crippen LogP contribution in [0.5, 0.6) is 0 Å². The fourth-order valence-electron chi connectivity index (χ4n) is 0.115. The summed E-state index contributed by atoms with van der Waals surface area (Å²) in [7, 11) is 1.00. The standard InChI is InChI=1S/2C3H8O3.CH4O/c2*4-1-3(6)2-5;1-2/h2*3-6H,1-2H2;2H,1H3. The van der Waals surface area contributed by atoms with E-state index in [4.69, 9.17) is 35.7 Å². The van der Waals surface area contributed by atoms with Gasteiger partial charge in [-0.25, -0.2) is 0 Å². The fraction of sp³-hybridized carbons (Fsp3) is 1.00. The van der Waals surface area contributed by atoms with E-state index < -0.39 is 12.2 Å². The molecule has 14 heavy (non-hydrogen) atoms. The summed E-state index contributed by atoms with van der Waals surface area (Å²) in [6.45, 7) is -1.46. The van der Waals surface area contributed by atoms with Crippen LogP contribution in [0.1, 0.15) is 0 Å². The van der Waals surface area contributed by atoms with Crippen LogP contribution in [-0.2, 0) is 0 Å². The van der Waals surface area contributed by atoms with Gasteiger partial charge in [-0.1, -0.05) is 0 Å². The predicted molar refractivity (Wildman–Crippen MR) is 48.5 cm³/mol. The van der Waals surface area contributed by atoms with Crippen LogP contribution >= 0.6 is 0 Å². The Morgan fingerprint density at radius 2 is 0.786 bits per heavy atom. The smallest absolute Gasteiger partial charge is 0.100 e. The Balaban J connectivity index is -0.000000147. The second-order valence-corrected chi connectivity index (χ2v) is 2.04. The lowest BCUT2D eigenvalue weighted by atomic mass is 10.4. The Kier molecular flexibility index (Phi) is 25.5. The average Bonchev–Trinajstić information content (AvgIpc) is 2.30. The molecule has 0 aromatic rings. The van der Waals surface area contributed by atoms with Gasteiger partial charge in [-0.05, 0) is 0 Å². The van der Waals surface area contributed by atoms with Crippen LogP contribution in [0, 0.1) is 0 Å². The number of hydrogen-bond donors (Lipinski definition) is 7. The summed E-state index contributed by atoms with van der Waals surface area (Å²) >= 11 is 0. The molecule has 7 N–H and O–H groups in total. The Morgan fingerprint density at radius 3 is 0.786 bits per heavy atom. The number of rotatable bonds is 4. The fourth-order valence-corrected chi connectivity index (χ4v) is 0.115. The van der Waals surface area contributed by atoms with Crippen molar-refractivity contribution in [1.29, 1.82) is 0 Å². The minimum Gasteiger partial charge on any atom is -0.400 e. The van der Waals surface area contributed by atoms with Gasteiger partial charge in [-0.3, -0.25) is 0 Å². The van der Waals surface area contributed by atoms with E-state index in [0.717, 1.165) is 7.11 Å². The van der Waals surface area contributed by atoms with Gasteiger partial charge in [0.25, 0.3) is 0 Å². The third-order valence-corrected chi connectivity index (χ3v) is 0.843. The van der Waals surface area contributed by atoms with Crippen LogP contribution in [0.2, 0.25) is 0 Å². The van der Waals surface area contributed by atoms with Crippen LogP contribution < -0.4 is 0 Å². The van der Waals surface area contributed by atoms with Crippen molar-refractivity contribution in [3.05, 3.63) is 0 Å². The van der Waals surface area contributed by atoms with Gasteiger partial charge in [0, 0.05) is 7.11 Å². The normalized spacial score (nSPS) is 9.00. The van der Waals surface area contributed by atoms with Crippen molar-refractivity contribution in [3.63, 3.8) is 0 Å². The zero-order valence-corrected chi connectivity index (χ0v) is 8.11. The Morgan fingerprint density at radius 1 is 0.643 bits per heavy atom. The van der Waals surface area contributed by atoms with Gasteiger partial charge in [0.2, 0.25) is 0 Å². The number of hydrogen-bond acceptors (Lipinski definition) is 7. The number of aliphatic hydroxyl groups is 7. The van der Waals surface area contributed by atoms with Crippen molar-refractivity contribution in [1.82, 2.24) is 0 Å². The SMILES string of the molecule is CO.OCC(O)CO.OCC(O)CO. The lowest BCUT2D eigenvalue weighted by Crippen LogP contribution is -2.15. The molecule has 0 unspecified atom stereocenters. The predicted octanol–water partition coefficient (Wildman–Crippen LogP) is -3.73. The topological polar surface area (TPSA) is 142 Å². The van der Waals surface area contributed by atoms with E-state index in [0.29, 0.717) is 0 Å². The molecule has 0 aromatic heterocycles. The molecule has 7 heteroatoms. The monoisotopic (exact) mass is 216 g/mol. The van der Waals surface area contributed by atoms with Gasteiger partial charge in [0.15, 0.2) is 0 Å². The molecule has 0 radical (unpaired) electrons. The van der Waals surface area contributed by atoms with Crippen LogP contribution in [-0.4, -0.2) is 81.5 Å². The molecule has 0 aromatic carbocycles. The third kappa shape index (κ3) is 22.6. The molecule has 0 rings (SSSR count). The summed E-state index contributed by atoms with van der Waals surface area (Å²) in [5.41, 5.74) is 0. The second kappa shape index (κ2) is 18.5. The molecule has 90 valence electrons. The van der Waals surface area contributed by atoms with E-state index >= 15 is 0 Å². The first kappa shape index (κ1) is 19.3. The quantitative estimate of drug-likeness (QED) is 0.256. The van der Waals surface area contributed by atoms with Gasteiger partial charge >= 0.3 is 0 Å². The Labute approximate surface area is 82.5 Å². The molecule has 0 fully saturated rings. The van der Waals surface area contributed by atoms with Crippen molar-refractivity contribution in [2.24, 2.45) is 0 Å². The average molecular weight is 216 g/mol. The van der Waals surface area contributed by atoms with Gasteiger partial charge in [0.1, 0.15) is 12.2 Å². The van der Waals surface area contributed by atoms with Crippen molar-refractivity contribution in [2.45, 2.75) is 12.2 Å². The molecular formula is C7H20O7. The molecule has 0 saturated heterocycles. The molecule has 0 aliphatic carbocycles. The first-order valence-electron chi connectivity index (χ1n) is 3.86. The van der Waals surface area contributed by atoms with Gasteiger partial charge < -0.3 is 35.7 Å². The first-order valence-corrected chi connectivity index (χ1v) is 3.86. The summed E-state index contributed by atoms with van der Waals surface area (Å²) < 4.78 is 0. The van der Waals surface area contributed by atoms with E-state index in [1.54, 1.807) is 0 Å². The maximum Gasteiger partial charge on any atom is 0.100 e. The molecule has 0 aliphatic rings. The molecule has 0 atom stereocenters. The van der Waals surface area contributed by atoms with E-state index in [1.807, 2.05) is 0 Å². The first-order chi connectivity index (χ1) is 6.62. The molecule has 0 saturated carbocycles. The molecule has 0 bridgehead atoms. The summed E-state index contributed by atoms with van der Waals surface area (Å²) in [5, 5.41) is 55.0. The van der Waals surface area contributed by atoms with E-state index in [2.05, 4.69) is 0 Å². The molecule has 0 spiro atoms. The van der Waals surface area contributed by atoms with Crippen LogP contribution in [0.3, 0.4) is 0 Å². The van der Waals surface area contributed by atoms with Gasteiger partial charge in [-0.2, -0.15) is 0 Å². The van der Waals surface area contributed by atoms with Gasteiger partial charge in [0.05, 0.1) is 26.4 Å². The second-order valence-electron chi connectivity index (χ2n) is 2.04. The highest BCUT2D eigenvalue weighted by Gasteiger charge is 1.94. The Hall–Kier alpha value is -0.280.